The Morgan fingerprint density at radius 1 is 0.882 bits per heavy atom. The molecule has 1 unspecified atom stereocenters. The summed E-state index contributed by atoms with van der Waals surface area (Å²) in [6.45, 7) is 13.5. The van der Waals surface area contributed by atoms with Crippen LogP contribution in [0.1, 0.15) is 55.5 Å². The third-order valence-corrected chi connectivity index (χ3v) is 7.09. The van der Waals surface area contributed by atoms with E-state index >= 15 is 0 Å². The molecule has 0 spiro atoms. The molecule has 3 aromatic carbocycles. The highest BCUT2D eigenvalue weighted by atomic mass is 35.5. The largest absolute Gasteiger partial charge is 0.257 e. The molecule has 0 N–H and O–H groups in total. The number of nitrogens with zero attached hydrogens (tertiary/aromatic N) is 2. The molecule has 0 amide bonds. The van der Waals surface area contributed by atoms with E-state index in [0.717, 1.165) is 34.0 Å². The molecule has 4 rings (SSSR count). The zero-order valence-corrected chi connectivity index (χ0v) is 22.7. The molecule has 0 bridgehead atoms. The van der Waals surface area contributed by atoms with Crippen LogP contribution in [-0.2, 0) is 5.41 Å². The molecular weight excluding hydrogens is 452 g/mol. The minimum absolute atomic E-state index is 0.131. The summed E-state index contributed by atoms with van der Waals surface area (Å²) in [6.07, 6.45) is 0.845. The molecule has 1 heterocycles. The smallest absolute Gasteiger partial charge is 0.129 e. The standard InChI is InChI=1S/C30H33ClN2Si/c1-30(2,3)25-13-11-24(12-14-25)29-21-28(32-33(29)27-17-15-26(31)16-18-27)23-9-7-22(8-10-23)19-20-34(4,5)6/h7-18,29H,21H2,1-6H3. The second-order valence-corrected chi connectivity index (χ2v) is 16.2. The maximum Gasteiger partial charge on any atom is 0.129 e. The van der Waals surface area contributed by atoms with Crippen molar-refractivity contribution >= 4 is 31.1 Å². The second kappa shape index (κ2) is 9.45. The van der Waals surface area contributed by atoms with Gasteiger partial charge >= 0.3 is 0 Å². The zero-order valence-electron chi connectivity index (χ0n) is 21.0. The van der Waals surface area contributed by atoms with Gasteiger partial charge in [-0.3, -0.25) is 5.01 Å². The van der Waals surface area contributed by atoms with Crippen molar-refractivity contribution in [3.63, 3.8) is 0 Å². The highest BCUT2D eigenvalue weighted by Crippen LogP contribution is 2.37. The molecule has 1 aliphatic rings. The summed E-state index contributed by atoms with van der Waals surface area (Å²) < 4.78 is 0. The minimum atomic E-state index is -1.39. The van der Waals surface area contributed by atoms with Gasteiger partial charge in [-0.1, -0.05) is 94.3 Å². The van der Waals surface area contributed by atoms with Crippen LogP contribution < -0.4 is 5.01 Å². The topological polar surface area (TPSA) is 15.6 Å². The van der Waals surface area contributed by atoms with Crippen molar-refractivity contribution in [1.29, 1.82) is 0 Å². The van der Waals surface area contributed by atoms with Crippen LogP contribution in [-0.4, -0.2) is 13.8 Å². The van der Waals surface area contributed by atoms with E-state index in [2.05, 4.69) is 105 Å². The van der Waals surface area contributed by atoms with E-state index in [1.807, 2.05) is 24.3 Å². The lowest BCUT2D eigenvalue weighted by atomic mass is 9.86. The molecule has 0 aliphatic carbocycles. The van der Waals surface area contributed by atoms with E-state index in [9.17, 15) is 0 Å². The predicted octanol–water partition coefficient (Wildman–Crippen LogP) is 8.22. The van der Waals surface area contributed by atoms with Gasteiger partial charge in [-0.25, -0.2) is 0 Å². The molecule has 0 saturated heterocycles. The monoisotopic (exact) mass is 484 g/mol. The van der Waals surface area contributed by atoms with Crippen LogP contribution in [0.4, 0.5) is 5.69 Å². The van der Waals surface area contributed by atoms with Gasteiger partial charge in [0, 0.05) is 17.0 Å². The number of halogens is 1. The molecule has 0 fully saturated rings. The van der Waals surface area contributed by atoms with Gasteiger partial charge in [0.1, 0.15) is 8.07 Å². The fourth-order valence-corrected chi connectivity index (χ4v) is 4.63. The van der Waals surface area contributed by atoms with Crippen molar-refractivity contribution in [1.82, 2.24) is 0 Å². The second-order valence-electron chi connectivity index (χ2n) is 11.0. The molecule has 174 valence electrons. The van der Waals surface area contributed by atoms with Crippen molar-refractivity contribution in [3.05, 3.63) is 100 Å². The summed E-state index contributed by atoms with van der Waals surface area (Å²) in [6, 6.07) is 25.6. The van der Waals surface area contributed by atoms with Crippen molar-refractivity contribution in [2.75, 3.05) is 5.01 Å². The maximum absolute atomic E-state index is 6.16. The van der Waals surface area contributed by atoms with Crippen LogP contribution in [0.2, 0.25) is 24.7 Å². The first-order valence-electron chi connectivity index (χ1n) is 11.9. The summed E-state index contributed by atoms with van der Waals surface area (Å²) >= 11 is 6.16. The summed E-state index contributed by atoms with van der Waals surface area (Å²) in [5, 5.41) is 7.95. The zero-order chi connectivity index (χ0) is 24.5. The van der Waals surface area contributed by atoms with Gasteiger partial charge in [0.25, 0.3) is 0 Å². The highest BCUT2D eigenvalue weighted by molar-refractivity contribution is 6.83. The molecule has 34 heavy (non-hydrogen) atoms. The average Bonchev–Trinajstić information content (AvgIpc) is 3.23. The van der Waals surface area contributed by atoms with Crippen LogP contribution in [0.3, 0.4) is 0 Å². The summed E-state index contributed by atoms with van der Waals surface area (Å²) in [5.41, 5.74) is 10.5. The summed E-state index contributed by atoms with van der Waals surface area (Å²) in [4.78, 5) is 0. The first-order chi connectivity index (χ1) is 16.0. The molecule has 2 nitrogen and oxygen atoms in total. The lowest BCUT2D eigenvalue weighted by Gasteiger charge is -2.25. The third-order valence-electron chi connectivity index (χ3n) is 5.96. The highest BCUT2D eigenvalue weighted by Gasteiger charge is 2.30. The third kappa shape index (κ3) is 5.81. The van der Waals surface area contributed by atoms with Crippen molar-refractivity contribution in [3.8, 4) is 11.5 Å². The van der Waals surface area contributed by atoms with Gasteiger partial charge in [-0.05, 0) is 58.5 Å². The van der Waals surface area contributed by atoms with Crippen molar-refractivity contribution in [2.24, 2.45) is 5.10 Å². The van der Waals surface area contributed by atoms with E-state index in [1.54, 1.807) is 0 Å². The number of rotatable bonds is 3. The lowest BCUT2D eigenvalue weighted by molar-refractivity contribution is 0.589. The SMILES string of the molecule is CC(C)(C)c1ccc(C2CC(c3ccc(C#C[Si](C)(C)C)cc3)=NN2c2ccc(Cl)cc2)cc1. The quantitative estimate of drug-likeness (QED) is 0.270. The van der Waals surface area contributed by atoms with Gasteiger partial charge in [0.15, 0.2) is 0 Å². The van der Waals surface area contributed by atoms with Gasteiger partial charge < -0.3 is 0 Å². The fraction of sp³-hybridized carbons (Fsp3) is 0.300. The molecule has 1 aliphatic heterocycles. The average molecular weight is 485 g/mol. The van der Waals surface area contributed by atoms with E-state index in [1.165, 1.54) is 11.1 Å². The Bertz CT molecular complexity index is 1230. The van der Waals surface area contributed by atoms with E-state index in [4.69, 9.17) is 16.7 Å². The first kappa shape index (κ1) is 24.3. The van der Waals surface area contributed by atoms with Crippen LogP contribution >= 0.6 is 11.6 Å². The fourth-order valence-electron chi connectivity index (χ4n) is 3.99. The molecule has 1 atom stereocenters. The Morgan fingerprint density at radius 3 is 2.06 bits per heavy atom. The van der Waals surface area contributed by atoms with Crippen molar-refractivity contribution < 1.29 is 0 Å². The molecule has 4 heteroatoms. The Hall–Kier alpha value is -2.80. The first-order valence-corrected chi connectivity index (χ1v) is 15.7. The number of hydrogen-bond acceptors (Lipinski definition) is 2. The van der Waals surface area contributed by atoms with Gasteiger partial charge in [-0.15, -0.1) is 5.54 Å². The normalized spacial score (nSPS) is 16.1. The van der Waals surface area contributed by atoms with Crippen LogP contribution in [0.15, 0.2) is 77.9 Å². The van der Waals surface area contributed by atoms with Gasteiger partial charge in [0.2, 0.25) is 0 Å². The maximum atomic E-state index is 6.16. The predicted molar refractivity (Wildman–Crippen MR) is 150 cm³/mol. The number of anilines is 1. The van der Waals surface area contributed by atoms with Crippen LogP contribution in [0.5, 0.6) is 0 Å². The van der Waals surface area contributed by atoms with Crippen LogP contribution in [0.25, 0.3) is 0 Å². The van der Waals surface area contributed by atoms with Gasteiger partial charge in [0.05, 0.1) is 17.4 Å². The van der Waals surface area contributed by atoms with Crippen LogP contribution in [0, 0.1) is 11.5 Å². The summed E-state index contributed by atoms with van der Waals surface area (Å²) in [7, 11) is -1.39. The molecule has 0 saturated carbocycles. The molecule has 0 aromatic heterocycles. The van der Waals surface area contributed by atoms with Crippen molar-refractivity contribution in [2.45, 2.75) is 58.3 Å². The van der Waals surface area contributed by atoms with E-state index in [-0.39, 0.29) is 11.5 Å². The van der Waals surface area contributed by atoms with Gasteiger partial charge in [-0.2, -0.15) is 5.10 Å². The molecule has 0 radical (unpaired) electrons. The number of hydrogen-bond donors (Lipinski definition) is 0. The number of benzene rings is 3. The molecular formula is C30H33ClN2Si. The van der Waals surface area contributed by atoms with E-state index < -0.39 is 8.07 Å². The minimum Gasteiger partial charge on any atom is -0.257 e. The van der Waals surface area contributed by atoms with E-state index in [0.29, 0.717) is 0 Å². The Labute approximate surface area is 210 Å². The Morgan fingerprint density at radius 2 is 1.50 bits per heavy atom. The molecule has 3 aromatic rings. The Kier molecular flexibility index (Phi) is 6.76. The Balaban J connectivity index is 1.66. The summed E-state index contributed by atoms with van der Waals surface area (Å²) in [5.74, 6) is 3.34. The lowest BCUT2D eigenvalue weighted by Crippen LogP contribution is -2.19. The number of hydrazone groups is 1.